The van der Waals surface area contributed by atoms with Gasteiger partial charge in [-0.15, -0.1) is 0 Å². The molecular formula is C25H35F2N5O3. The van der Waals surface area contributed by atoms with Gasteiger partial charge in [0, 0.05) is 24.5 Å². The molecule has 1 unspecified atom stereocenters. The smallest absolute Gasteiger partial charge is 0.253 e. The topological polar surface area (TPSA) is 121 Å². The summed E-state index contributed by atoms with van der Waals surface area (Å²) in [5.74, 6) is -0.683. The molecule has 0 bridgehead atoms. The van der Waals surface area contributed by atoms with Crippen LogP contribution in [0.15, 0.2) is 30.5 Å². The Morgan fingerprint density at radius 3 is 2.69 bits per heavy atom. The average Bonchev–Trinajstić information content (AvgIpc) is 3.15. The number of nitrogens with two attached hydrogens (primary N) is 1. The summed E-state index contributed by atoms with van der Waals surface area (Å²) in [5.41, 5.74) is 5.47. The number of fused-ring (bicyclic) bond motifs is 1. The monoisotopic (exact) mass is 491 g/mol. The van der Waals surface area contributed by atoms with Crippen molar-refractivity contribution in [3.8, 4) is 0 Å². The highest BCUT2D eigenvalue weighted by Gasteiger charge is 2.47. The SMILES string of the molecule is CC[C@@H](C)[C@@H](NC(C)C(F)F)C(=O)N1C[C@@](C)(O)C[C@H]1C(=O)NCc1ccc2c(N)nccc2c1. The number of hydrogen-bond donors (Lipinski definition) is 4. The molecule has 1 aliphatic heterocycles. The predicted molar refractivity (Wildman–Crippen MR) is 131 cm³/mol. The zero-order valence-electron chi connectivity index (χ0n) is 20.6. The van der Waals surface area contributed by atoms with Crippen molar-refractivity contribution < 1.29 is 23.5 Å². The first-order valence-corrected chi connectivity index (χ1v) is 11.9. The van der Waals surface area contributed by atoms with Gasteiger partial charge in [-0.2, -0.15) is 0 Å². The second-order valence-corrected chi connectivity index (χ2v) is 9.81. The van der Waals surface area contributed by atoms with E-state index in [0.717, 1.165) is 16.3 Å². The molecule has 2 amide bonds. The van der Waals surface area contributed by atoms with Crippen molar-refractivity contribution in [1.82, 2.24) is 20.5 Å². The molecule has 8 nitrogen and oxygen atoms in total. The lowest BCUT2D eigenvalue weighted by Gasteiger charge is -2.33. The molecule has 1 aromatic carbocycles. The van der Waals surface area contributed by atoms with Crippen molar-refractivity contribution in [3.63, 3.8) is 0 Å². The molecule has 1 saturated heterocycles. The highest BCUT2D eigenvalue weighted by Crippen LogP contribution is 2.29. The van der Waals surface area contributed by atoms with E-state index in [0.29, 0.717) is 12.2 Å². The number of aromatic nitrogens is 1. The molecule has 192 valence electrons. The van der Waals surface area contributed by atoms with Gasteiger partial charge in [-0.3, -0.25) is 14.9 Å². The zero-order chi connectivity index (χ0) is 25.9. The summed E-state index contributed by atoms with van der Waals surface area (Å²) in [6, 6.07) is 4.40. The third kappa shape index (κ3) is 6.24. The number of amides is 2. The van der Waals surface area contributed by atoms with E-state index in [1.807, 2.05) is 31.2 Å². The van der Waals surface area contributed by atoms with Gasteiger partial charge in [0.25, 0.3) is 6.43 Å². The Bertz CT molecular complexity index is 1060. The predicted octanol–water partition coefficient (Wildman–Crippen LogP) is 2.44. The molecule has 0 saturated carbocycles. The second-order valence-electron chi connectivity index (χ2n) is 9.81. The third-order valence-electron chi connectivity index (χ3n) is 6.73. The molecule has 5 atom stereocenters. The first-order valence-electron chi connectivity index (χ1n) is 11.9. The molecule has 3 rings (SSSR count). The summed E-state index contributed by atoms with van der Waals surface area (Å²) in [6.45, 7) is 6.73. The van der Waals surface area contributed by atoms with Crippen LogP contribution in [0.3, 0.4) is 0 Å². The summed E-state index contributed by atoms with van der Waals surface area (Å²) < 4.78 is 26.4. The molecule has 1 aliphatic rings. The molecule has 2 heterocycles. The van der Waals surface area contributed by atoms with Gasteiger partial charge in [0.1, 0.15) is 11.9 Å². The number of hydrogen-bond acceptors (Lipinski definition) is 6. The summed E-state index contributed by atoms with van der Waals surface area (Å²) in [6.07, 6.45) is -0.381. The lowest BCUT2D eigenvalue weighted by Crippen LogP contribution is -2.57. The minimum atomic E-state index is -2.64. The number of alkyl halides is 2. The lowest BCUT2D eigenvalue weighted by molar-refractivity contribution is -0.141. The molecule has 0 radical (unpaired) electrons. The Kier molecular flexibility index (Phi) is 8.27. The van der Waals surface area contributed by atoms with Crippen molar-refractivity contribution in [3.05, 3.63) is 36.0 Å². The Balaban J connectivity index is 1.76. The minimum absolute atomic E-state index is 0.0517. The van der Waals surface area contributed by atoms with Gasteiger partial charge in [0.15, 0.2) is 0 Å². The van der Waals surface area contributed by atoms with E-state index in [1.54, 1.807) is 20.0 Å². The second kappa shape index (κ2) is 10.8. The quantitative estimate of drug-likeness (QED) is 0.428. The Labute approximate surface area is 204 Å². The van der Waals surface area contributed by atoms with Crippen LogP contribution in [-0.4, -0.2) is 63.5 Å². The fourth-order valence-electron chi connectivity index (χ4n) is 4.45. The number of nitrogens with zero attached hydrogens (tertiary/aromatic N) is 2. The maximum absolute atomic E-state index is 13.5. The number of aliphatic hydroxyl groups is 1. The van der Waals surface area contributed by atoms with Crippen LogP contribution in [0, 0.1) is 5.92 Å². The van der Waals surface area contributed by atoms with E-state index in [1.165, 1.54) is 11.8 Å². The number of nitrogens with one attached hydrogen (secondary N) is 2. The maximum atomic E-state index is 13.5. The van der Waals surface area contributed by atoms with Crippen LogP contribution in [0.4, 0.5) is 14.6 Å². The Morgan fingerprint density at radius 2 is 2.03 bits per heavy atom. The van der Waals surface area contributed by atoms with Gasteiger partial charge in [-0.05, 0) is 42.8 Å². The Morgan fingerprint density at radius 1 is 1.31 bits per heavy atom. The highest BCUT2D eigenvalue weighted by atomic mass is 19.3. The van der Waals surface area contributed by atoms with Crippen molar-refractivity contribution in [2.75, 3.05) is 12.3 Å². The van der Waals surface area contributed by atoms with E-state index in [4.69, 9.17) is 5.73 Å². The molecule has 10 heteroatoms. The number of likely N-dealkylation sites (tertiary alicyclic amines) is 1. The molecule has 1 fully saturated rings. The first kappa shape index (κ1) is 26.7. The maximum Gasteiger partial charge on any atom is 0.253 e. The summed E-state index contributed by atoms with van der Waals surface area (Å²) >= 11 is 0. The number of carbonyl (C=O) groups is 2. The fourth-order valence-corrected chi connectivity index (χ4v) is 4.45. The number of β-amino-alcohol motifs (C(OH)–C–C–N with tert-alkyl or cyclic N) is 1. The third-order valence-corrected chi connectivity index (χ3v) is 6.73. The van der Waals surface area contributed by atoms with E-state index < -0.39 is 42.0 Å². The molecule has 0 spiro atoms. The number of nitrogen functional groups attached to an aromatic ring is 1. The molecule has 35 heavy (non-hydrogen) atoms. The van der Waals surface area contributed by atoms with E-state index in [2.05, 4.69) is 15.6 Å². The summed E-state index contributed by atoms with van der Waals surface area (Å²) in [4.78, 5) is 32.0. The largest absolute Gasteiger partial charge is 0.388 e. The number of pyridine rings is 1. The van der Waals surface area contributed by atoms with Gasteiger partial charge in [-0.25, -0.2) is 13.8 Å². The van der Waals surface area contributed by atoms with E-state index >= 15 is 0 Å². The molecular weight excluding hydrogens is 456 g/mol. The molecule has 1 aromatic heterocycles. The van der Waals surface area contributed by atoms with Crippen LogP contribution >= 0.6 is 0 Å². The number of anilines is 1. The molecule has 5 N–H and O–H groups in total. The number of halogens is 2. The van der Waals surface area contributed by atoms with Crippen LogP contribution in [0.5, 0.6) is 0 Å². The normalized spacial score (nSPS) is 22.9. The number of benzene rings is 1. The zero-order valence-corrected chi connectivity index (χ0v) is 20.6. The van der Waals surface area contributed by atoms with Crippen molar-refractivity contribution in [2.24, 2.45) is 5.92 Å². The van der Waals surface area contributed by atoms with Crippen LogP contribution in [0.25, 0.3) is 10.8 Å². The fraction of sp³-hybridized carbons (Fsp3) is 0.560. The highest BCUT2D eigenvalue weighted by molar-refractivity contribution is 5.92. The van der Waals surface area contributed by atoms with E-state index in [-0.39, 0.29) is 25.4 Å². The average molecular weight is 492 g/mol. The lowest BCUT2D eigenvalue weighted by atomic mass is 9.96. The number of carbonyl (C=O) groups excluding carboxylic acids is 2. The summed E-state index contributed by atoms with van der Waals surface area (Å²) in [5, 5.41) is 18.0. The van der Waals surface area contributed by atoms with Crippen molar-refractivity contribution in [1.29, 1.82) is 0 Å². The van der Waals surface area contributed by atoms with Gasteiger partial charge >= 0.3 is 0 Å². The van der Waals surface area contributed by atoms with Crippen LogP contribution < -0.4 is 16.4 Å². The minimum Gasteiger partial charge on any atom is -0.388 e. The van der Waals surface area contributed by atoms with Gasteiger partial charge in [0.05, 0.1) is 24.2 Å². The number of rotatable bonds is 9. The summed E-state index contributed by atoms with van der Waals surface area (Å²) in [7, 11) is 0. The van der Waals surface area contributed by atoms with Gasteiger partial charge in [0.2, 0.25) is 11.8 Å². The van der Waals surface area contributed by atoms with Crippen LogP contribution in [-0.2, 0) is 16.1 Å². The Hall–Kier alpha value is -2.85. The van der Waals surface area contributed by atoms with Gasteiger partial charge in [-0.1, -0.05) is 32.4 Å². The van der Waals surface area contributed by atoms with E-state index in [9.17, 15) is 23.5 Å². The molecule has 0 aliphatic carbocycles. The van der Waals surface area contributed by atoms with Crippen LogP contribution in [0.1, 0.15) is 46.1 Å². The first-order chi connectivity index (χ1) is 16.4. The van der Waals surface area contributed by atoms with Gasteiger partial charge < -0.3 is 21.1 Å². The van der Waals surface area contributed by atoms with Crippen LogP contribution in [0.2, 0.25) is 0 Å². The van der Waals surface area contributed by atoms with Crippen molar-refractivity contribution in [2.45, 2.75) is 77.2 Å². The molecule has 2 aromatic rings. The van der Waals surface area contributed by atoms with Crippen molar-refractivity contribution >= 4 is 28.4 Å². The standard InChI is InChI=1S/C25H35F2N5O3/c1-5-14(2)20(31-15(3)21(26)27)24(34)32-13-25(4,35)11-19(32)23(33)30-12-16-6-7-18-17(10-16)8-9-29-22(18)28/h6-10,14-15,19-21,31,35H,5,11-13H2,1-4H3,(H2,28,29)(H,30,33)/t14-,15?,19+,20-,25+/m1/s1.